The van der Waals surface area contributed by atoms with Gasteiger partial charge in [0.05, 0.1) is 5.52 Å². The van der Waals surface area contributed by atoms with Gasteiger partial charge in [0, 0.05) is 48.5 Å². The number of fused-ring (bicyclic) bond motifs is 1. The zero-order valence-corrected chi connectivity index (χ0v) is 17.1. The summed E-state index contributed by atoms with van der Waals surface area (Å²) in [4.78, 5) is 26.8. The second-order valence-corrected chi connectivity index (χ2v) is 8.08. The summed E-state index contributed by atoms with van der Waals surface area (Å²) in [5, 5.41) is 3.39. The summed E-state index contributed by atoms with van der Waals surface area (Å²) < 4.78 is 6.64. The maximum atomic E-state index is 12.3. The highest BCUT2D eigenvalue weighted by atomic mass is 35.5. The SMILES string of the molecule is CC1CCN(c2ccc(NC(=O)CCn3c(=O)oc4cc(Cl)ccc43)cc2)CC1. The van der Waals surface area contributed by atoms with Gasteiger partial charge in [-0.1, -0.05) is 18.5 Å². The third-order valence-electron chi connectivity index (χ3n) is 5.49. The Morgan fingerprint density at radius 3 is 2.62 bits per heavy atom. The van der Waals surface area contributed by atoms with E-state index in [1.165, 1.54) is 23.1 Å². The van der Waals surface area contributed by atoms with Crippen LogP contribution in [0.1, 0.15) is 26.2 Å². The molecule has 1 aliphatic rings. The van der Waals surface area contributed by atoms with E-state index in [1.54, 1.807) is 18.2 Å². The van der Waals surface area contributed by atoms with E-state index in [4.69, 9.17) is 16.0 Å². The summed E-state index contributed by atoms with van der Waals surface area (Å²) in [6.07, 6.45) is 2.60. The van der Waals surface area contributed by atoms with Crippen LogP contribution in [0.3, 0.4) is 0 Å². The molecule has 0 bridgehead atoms. The summed E-state index contributed by atoms with van der Waals surface area (Å²) in [5.41, 5.74) is 2.99. The monoisotopic (exact) mass is 413 g/mol. The molecular formula is C22H24ClN3O3. The van der Waals surface area contributed by atoms with Crippen molar-refractivity contribution >= 4 is 40.0 Å². The van der Waals surface area contributed by atoms with E-state index in [0.717, 1.165) is 24.7 Å². The van der Waals surface area contributed by atoms with Gasteiger partial charge in [-0.25, -0.2) is 4.79 Å². The van der Waals surface area contributed by atoms with Crippen LogP contribution in [-0.2, 0) is 11.3 Å². The van der Waals surface area contributed by atoms with Crippen LogP contribution in [-0.4, -0.2) is 23.6 Å². The normalized spacial score (nSPS) is 15.0. The van der Waals surface area contributed by atoms with Crippen molar-refractivity contribution in [3.05, 3.63) is 58.0 Å². The molecule has 7 heteroatoms. The molecule has 6 nitrogen and oxygen atoms in total. The lowest BCUT2D eigenvalue weighted by atomic mass is 9.99. The molecule has 0 saturated carbocycles. The van der Waals surface area contributed by atoms with E-state index in [0.29, 0.717) is 16.1 Å². The molecule has 0 spiro atoms. The number of oxazole rings is 1. The largest absolute Gasteiger partial charge is 0.419 e. The van der Waals surface area contributed by atoms with Crippen LogP contribution in [0, 0.1) is 5.92 Å². The van der Waals surface area contributed by atoms with E-state index in [1.807, 2.05) is 24.3 Å². The minimum absolute atomic E-state index is 0.153. The Labute approximate surface area is 174 Å². The topological polar surface area (TPSA) is 67.5 Å². The molecule has 1 amide bonds. The molecule has 1 fully saturated rings. The molecule has 4 rings (SSSR count). The zero-order valence-electron chi connectivity index (χ0n) is 16.4. The third kappa shape index (κ3) is 4.48. The standard InChI is InChI=1S/C22H24ClN3O3/c1-15-8-11-25(12-9-15)18-5-3-17(4-6-18)24-21(27)10-13-26-19-7-2-16(23)14-20(19)29-22(26)28/h2-7,14-15H,8-13H2,1H3,(H,24,27). The van der Waals surface area contributed by atoms with Crippen LogP contribution < -0.4 is 16.0 Å². The molecule has 29 heavy (non-hydrogen) atoms. The molecule has 0 aliphatic carbocycles. The first kappa shape index (κ1) is 19.6. The van der Waals surface area contributed by atoms with Gasteiger partial charge in [-0.2, -0.15) is 0 Å². The number of aromatic nitrogens is 1. The number of amides is 1. The van der Waals surface area contributed by atoms with Gasteiger partial charge in [-0.05, 0) is 55.2 Å². The number of anilines is 2. The lowest BCUT2D eigenvalue weighted by Crippen LogP contribution is -2.32. The number of hydrogen-bond acceptors (Lipinski definition) is 4. The van der Waals surface area contributed by atoms with Gasteiger partial charge >= 0.3 is 5.76 Å². The second kappa shape index (κ2) is 8.33. The van der Waals surface area contributed by atoms with Crippen LogP contribution in [0.2, 0.25) is 5.02 Å². The maximum Gasteiger partial charge on any atom is 0.419 e. The predicted octanol–water partition coefficient (Wildman–Crippen LogP) is 4.51. The Bertz CT molecular complexity index is 1060. The lowest BCUT2D eigenvalue weighted by Gasteiger charge is -2.32. The van der Waals surface area contributed by atoms with Gasteiger partial charge in [0.25, 0.3) is 0 Å². The fourth-order valence-corrected chi connectivity index (χ4v) is 3.87. The van der Waals surface area contributed by atoms with E-state index in [9.17, 15) is 9.59 Å². The van der Waals surface area contributed by atoms with E-state index >= 15 is 0 Å². The van der Waals surface area contributed by atoms with Crippen molar-refractivity contribution in [1.82, 2.24) is 4.57 Å². The minimum Gasteiger partial charge on any atom is -0.408 e. The summed E-state index contributed by atoms with van der Waals surface area (Å²) >= 11 is 5.93. The first-order chi connectivity index (χ1) is 14.0. The van der Waals surface area contributed by atoms with Gasteiger partial charge in [-0.3, -0.25) is 9.36 Å². The van der Waals surface area contributed by atoms with Crippen molar-refractivity contribution in [3.63, 3.8) is 0 Å². The number of nitrogens with zero attached hydrogens (tertiary/aromatic N) is 2. The van der Waals surface area contributed by atoms with Crippen LogP contribution >= 0.6 is 11.6 Å². The number of hydrogen-bond donors (Lipinski definition) is 1. The molecule has 0 atom stereocenters. The first-order valence-corrected chi connectivity index (χ1v) is 10.3. The smallest absolute Gasteiger partial charge is 0.408 e. The zero-order chi connectivity index (χ0) is 20.4. The third-order valence-corrected chi connectivity index (χ3v) is 5.73. The van der Waals surface area contributed by atoms with Crippen molar-refractivity contribution in [2.45, 2.75) is 32.7 Å². The number of benzene rings is 2. The summed E-state index contributed by atoms with van der Waals surface area (Å²) in [6, 6.07) is 13.0. The van der Waals surface area contributed by atoms with Crippen LogP contribution in [0.4, 0.5) is 11.4 Å². The second-order valence-electron chi connectivity index (χ2n) is 7.65. The number of piperidine rings is 1. The summed E-state index contributed by atoms with van der Waals surface area (Å²) in [5.74, 6) is 0.150. The molecule has 0 radical (unpaired) electrons. The number of nitrogens with one attached hydrogen (secondary N) is 1. The quantitative estimate of drug-likeness (QED) is 0.668. The van der Waals surface area contributed by atoms with Gasteiger partial charge in [-0.15, -0.1) is 0 Å². The van der Waals surface area contributed by atoms with Crippen LogP contribution in [0.15, 0.2) is 51.7 Å². The summed E-state index contributed by atoms with van der Waals surface area (Å²) in [7, 11) is 0. The predicted molar refractivity (Wildman–Crippen MR) is 116 cm³/mol. The number of carbonyl (C=O) groups excluding carboxylic acids is 1. The first-order valence-electron chi connectivity index (χ1n) is 9.93. The maximum absolute atomic E-state index is 12.3. The van der Waals surface area contributed by atoms with E-state index in [2.05, 4.69) is 17.1 Å². The molecule has 1 aromatic heterocycles. The Balaban J connectivity index is 1.35. The Kier molecular flexibility index (Phi) is 5.62. The Morgan fingerprint density at radius 2 is 1.90 bits per heavy atom. The Hall–Kier alpha value is -2.73. The summed E-state index contributed by atoms with van der Waals surface area (Å²) in [6.45, 7) is 4.69. The molecule has 1 aliphatic heterocycles. The van der Waals surface area contributed by atoms with E-state index in [-0.39, 0.29) is 18.9 Å². The van der Waals surface area contributed by atoms with Crippen molar-refractivity contribution in [3.8, 4) is 0 Å². The fraction of sp³-hybridized carbons (Fsp3) is 0.364. The molecule has 0 unspecified atom stereocenters. The van der Waals surface area contributed by atoms with Crippen molar-refractivity contribution in [2.75, 3.05) is 23.3 Å². The molecule has 2 aromatic carbocycles. The van der Waals surface area contributed by atoms with Gasteiger partial charge < -0.3 is 14.6 Å². The number of carbonyl (C=O) groups is 1. The fourth-order valence-electron chi connectivity index (χ4n) is 3.71. The highest BCUT2D eigenvalue weighted by Crippen LogP contribution is 2.24. The highest BCUT2D eigenvalue weighted by molar-refractivity contribution is 6.31. The highest BCUT2D eigenvalue weighted by Gasteiger charge is 2.16. The van der Waals surface area contributed by atoms with Crippen LogP contribution in [0.25, 0.3) is 11.1 Å². The van der Waals surface area contributed by atoms with Gasteiger partial charge in [0.1, 0.15) is 0 Å². The van der Waals surface area contributed by atoms with Gasteiger partial charge in [0.15, 0.2) is 5.58 Å². The molecular weight excluding hydrogens is 390 g/mol. The number of rotatable bonds is 5. The molecule has 152 valence electrons. The minimum atomic E-state index is -0.490. The molecule has 3 aromatic rings. The Morgan fingerprint density at radius 1 is 1.17 bits per heavy atom. The van der Waals surface area contributed by atoms with Crippen molar-refractivity contribution in [2.24, 2.45) is 5.92 Å². The molecule has 1 N–H and O–H groups in total. The van der Waals surface area contributed by atoms with Crippen molar-refractivity contribution in [1.29, 1.82) is 0 Å². The van der Waals surface area contributed by atoms with E-state index < -0.39 is 5.76 Å². The lowest BCUT2D eigenvalue weighted by molar-refractivity contribution is -0.116. The average molecular weight is 414 g/mol. The number of halogens is 1. The molecule has 2 heterocycles. The average Bonchev–Trinajstić information content (AvgIpc) is 3.01. The van der Waals surface area contributed by atoms with Crippen molar-refractivity contribution < 1.29 is 9.21 Å². The van der Waals surface area contributed by atoms with Gasteiger partial charge in [0.2, 0.25) is 5.91 Å². The number of aryl methyl sites for hydroxylation is 1. The van der Waals surface area contributed by atoms with Crippen LogP contribution in [0.5, 0.6) is 0 Å². The molecule has 1 saturated heterocycles.